The summed E-state index contributed by atoms with van der Waals surface area (Å²) in [6, 6.07) is 25.9. The quantitative estimate of drug-likeness (QED) is 0.110. The van der Waals surface area contributed by atoms with Crippen molar-refractivity contribution in [2.75, 3.05) is 31.1 Å². The summed E-state index contributed by atoms with van der Waals surface area (Å²) in [5.74, 6) is -0.0909. The Morgan fingerprint density at radius 3 is 2.28 bits per heavy atom. The third-order valence-corrected chi connectivity index (χ3v) is 8.61. The number of sulfonamides is 1. The van der Waals surface area contributed by atoms with Crippen molar-refractivity contribution in [2.24, 2.45) is 5.10 Å². The molecular weight excluding hydrogens is 626 g/mol. The van der Waals surface area contributed by atoms with E-state index in [9.17, 15) is 28.1 Å². The minimum absolute atomic E-state index is 0.133. The Kier molecular flexibility index (Phi) is 11.6. The number of hydrogen-bond acceptors (Lipinski definition) is 9. The van der Waals surface area contributed by atoms with E-state index in [0.29, 0.717) is 30.0 Å². The minimum Gasteiger partial charge on any atom is -0.497 e. The van der Waals surface area contributed by atoms with Crippen LogP contribution in [-0.2, 0) is 26.0 Å². The van der Waals surface area contributed by atoms with Crippen molar-refractivity contribution < 1.29 is 32.4 Å². The molecule has 14 heteroatoms. The van der Waals surface area contributed by atoms with E-state index < -0.39 is 27.4 Å². The van der Waals surface area contributed by atoms with E-state index >= 15 is 0 Å². The van der Waals surface area contributed by atoms with E-state index in [-0.39, 0.29) is 34.3 Å². The van der Waals surface area contributed by atoms with Gasteiger partial charge in [0.25, 0.3) is 27.5 Å². The molecule has 0 fully saturated rings. The third kappa shape index (κ3) is 9.61. The van der Waals surface area contributed by atoms with E-state index in [1.807, 2.05) is 30.3 Å². The smallest absolute Gasteiger partial charge is 0.273 e. The fourth-order valence-electron chi connectivity index (χ4n) is 4.32. The number of benzene rings is 4. The predicted octanol–water partition coefficient (Wildman–Crippen LogP) is 4.00. The Morgan fingerprint density at radius 1 is 0.936 bits per heavy atom. The number of rotatable bonds is 15. The SMILES string of the molecule is COc1ccc(N(CC(=O)N/N=C\c2ccc(OCC(=O)NCCc3ccccc3)cc2)S(=O)(=O)c2ccc(C)c([N+](=O)[O-])c2)cc1. The highest BCUT2D eigenvalue weighted by atomic mass is 32.2. The summed E-state index contributed by atoms with van der Waals surface area (Å²) >= 11 is 0. The van der Waals surface area contributed by atoms with Gasteiger partial charge in [-0.1, -0.05) is 36.4 Å². The monoisotopic (exact) mass is 659 g/mol. The lowest BCUT2D eigenvalue weighted by atomic mass is 10.1. The summed E-state index contributed by atoms with van der Waals surface area (Å²) in [6.45, 7) is 1.16. The van der Waals surface area contributed by atoms with Crippen LogP contribution in [0, 0.1) is 17.0 Å². The lowest BCUT2D eigenvalue weighted by molar-refractivity contribution is -0.385. The van der Waals surface area contributed by atoms with Crippen LogP contribution in [0.1, 0.15) is 16.7 Å². The first-order valence-electron chi connectivity index (χ1n) is 14.3. The molecule has 0 aliphatic rings. The van der Waals surface area contributed by atoms with Crippen LogP contribution in [0.2, 0.25) is 0 Å². The molecule has 2 amide bonds. The molecule has 0 saturated heterocycles. The summed E-state index contributed by atoms with van der Waals surface area (Å²) in [5, 5.41) is 18.2. The molecule has 2 N–H and O–H groups in total. The number of carbonyl (C=O) groups is 2. The maximum Gasteiger partial charge on any atom is 0.273 e. The van der Waals surface area contributed by atoms with Crippen molar-refractivity contribution in [1.29, 1.82) is 0 Å². The second kappa shape index (κ2) is 16.0. The average molecular weight is 660 g/mol. The van der Waals surface area contributed by atoms with Crippen LogP contribution in [0.5, 0.6) is 11.5 Å². The van der Waals surface area contributed by atoms with E-state index in [0.717, 1.165) is 15.9 Å². The fourth-order valence-corrected chi connectivity index (χ4v) is 5.76. The van der Waals surface area contributed by atoms with Crippen molar-refractivity contribution >= 4 is 39.4 Å². The summed E-state index contributed by atoms with van der Waals surface area (Å²) in [5.41, 5.74) is 4.08. The molecule has 0 aromatic heterocycles. The van der Waals surface area contributed by atoms with Crippen molar-refractivity contribution in [1.82, 2.24) is 10.7 Å². The first-order valence-corrected chi connectivity index (χ1v) is 15.8. The summed E-state index contributed by atoms with van der Waals surface area (Å²) < 4.78 is 38.8. The van der Waals surface area contributed by atoms with Crippen LogP contribution in [-0.4, -0.2) is 58.2 Å². The van der Waals surface area contributed by atoms with Gasteiger partial charge in [0.05, 0.1) is 28.8 Å². The van der Waals surface area contributed by atoms with Gasteiger partial charge in [0.15, 0.2) is 6.61 Å². The number of ether oxygens (including phenoxy) is 2. The lowest BCUT2D eigenvalue weighted by Crippen LogP contribution is -2.39. The molecule has 0 heterocycles. The zero-order valence-electron chi connectivity index (χ0n) is 25.7. The molecule has 0 atom stereocenters. The van der Waals surface area contributed by atoms with Gasteiger partial charge in [-0.2, -0.15) is 5.10 Å². The first kappa shape index (κ1) is 34.1. The lowest BCUT2D eigenvalue weighted by Gasteiger charge is -2.24. The second-order valence-corrected chi connectivity index (χ2v) is 12.0. The summed E-state index contributed by atoms with van der Waals surface area (Å²) in [4.78, 5) is 35.4. The number of methoxy groups -OCH3 is 1. The fraction of sp³-hybridized carbons (Fsp3) is 0.182. The van der Waals surface area contributed by atoms with Crippen LogP contribution >= 0.6 is 0 Å². The number of carbonyl (C=O) groups excluding carboxylic acids is 2. The highest BCUT2D eigenvalue weighted by Gasteiger charge is 2.29. The van der Waals surface area contributed by atoms with Gasteiger partial charge in [0.1, 0.15) is 18.0 Å². The van der Waals surface area contributed by atoms with Gasteiger partial charge >= 0.3 is 0 Å². The van der Waals surface area contributed by atoms with Crippen LogP contribution in [0.15, 0.2) is 107 Å². The molecule has 244 valence electrons. The van der Waals surface area contributed by atoms with Gasteiger partial charge in [-0.15, -0.1) is 0 Å². The van der Waals surface area contributed by atoms with Crippen LogP contribution in [0.25, 0.3) is 0 Å². The largest absolute Gasteiger partial charge is 0.497 e. The second-order valence-electron chi connectivity index (χ2n) is 10.2. The van der Waals surface area contributed by atoms with Gasteiger partial charge in [-0.25, -0.2) is 13.8 Å². The van der Waals surface area contributed by atoms with Crippen molar-refractivity contribution in [2.45, 2.75) is 18.2 Å². The molecule has 0 spiro atoms. The summed E-state index contributed by atoms with van der Waals surface area (Å²) in [7, 11) is -2.97. The Hall–Kier alpha value is -5.76. The summed E-state index contributed by atoms with van der Waals surface area (Å²) in [6.07, 6.45) is 2.07. The Balaban J connectivity index is 1.36. The molecule has 4 aromatic rings. The molecule has 0 saturated carbocycles. The normalized spacial score (nSPS) is 11.1. The first-order chi connectivity index (χ1) is 22.6. The third-order valence-electron chi connectivity index (χ3n) is 6.84. The Morgan fingerprint density at radius 2 is 1.62 bits per heavy atom. The number of hydrogen-bond donors (Lipinski definition) is 2. The highest BCUT2D eigenvalue weighted by Crippen LogP contribution is 2.29. The molecule has 47 heavy (non-hydrogen) atoms. The number of nitrogens with zero attached hydrogens (tertiary/aromatic N) is 3. The zero-order chi connectivity index (χ0) is 33.8. The van der Waals surface area contributed by atoms with Gasteiger partial charge in [-0.3, -0.25) is 24.0 Å². The number of amides is 2. The standard InChI is InChI=1S/C33H33N5O8S/c1-24-8-17-30(20-31(24)38(41)42)47(43,44)37(27-11-15-28(45-2)16-12-27)22-32(39)36-35-21-26-9-13-29(14-10-26)46-23-33(40)34-19-18-25-6-4-3-5-7-25/h3-17,20-21H,18-19,22-23H2,1-2H3,(H,34,40)(H,36,39)/b35-21-. The van der Waals surface area contributed by atoms with Crippen molar-refractivity contribution in [3.63, 3.8) is 0 Å². The van der Waals surface area contributed by atoms with Crippen LogP contribution in [0.4, 0.5) is 11.4 Å². The average Bonchev–Trinajstić information content (AvgIpc) is 3.07. The van der Waals surface area contributed by atoms with Gasteiger partial charge in [-0.05, 0) is 79.1 Å². The molecule has 13 nitrogen and oxygen atoms in total. The van der Waals surface area contributed by atoms with Gasteiger partial charge < -0.3 is 14.8 Å². The number of nitro groups is 1. The molecule has 0 radical (unpaired) electrons. The van der Waals surface area contributed by atoms with Crippen LogP contribution < -0.4 is 24.5 Å². The minimum atomic E-state index is -4.42. The molecule has 0 aliphatic heterocycles. The highest BCUT2D eigenvalue weighted by molar-refractivity contribution is 7.92. The van der Waals surface area contributed by atoms with Gasteiger partial charge in [0, 0.05) is 18.2 Å². The number of nitro benzene ring substituents is 1. The van der Waals surface area contributed by atoms with Gasteiger partial charge in [0.2, 0.25) is 0 Å². The van der Waals surface area contributed by atoms with Crippen molar-refractivity contribution in [3.8, 4) is 11.5 Å². The molecule has 0 bridgehead atoms. The number of anilines is 1. The van der Waals surface area contributed by atoms with E-state index in [4.69, 9.17) is 9.47 Å². The van der Waals surface area contributed by atoms with Crippen molar-refractivity contribution in [3.05, 3.63) is 124 Å². The maximum atomic E-state index is 13.7. The molecule has 4 rings (SSSR count). The van der Waals surface area contributed by atoms with E-state index in [1.165, 1.54) is 56.6 Å². The van der Waals surface area contributed by atoms with E-state index in [2.05, 4.69) is 15.8 Å². The van der Waals surface area contributed by atoms with E-state index in [1.54, 1.807) is 24.3 Å². The number of nitrogens with one attached hydrogen (secondary N) is 2. The Bertz CT molecular complexity index is 1830. The molecule has 0 aliphatic carbocycles. The van der Waals surface area contributed by atoms with Crippen LogP contribution in [0.3, 0.4) is 0 Å². The topological polar surface area (TPSA) is 170 Å². The molecule has 0 unspecified atom stereocenters. The Labute approximate surface area is 272 Å². The molecular formula is C33H33N5O8S. The zero-order valence-corrected chi connectivity index (χ0v) is 26.5. The number of aryl methyl sites for hydroxylation is 1. The number of hydrazone groups is 1. The molecule has 4 aromatic carbocycles. The maximum absolute atomic E-state index is 13.7. The predicted molar refractivity (Wildman–Crippen MR) is 176 cm³/mol.